The minimum atomic E-state index is -0.363. The van der Waals surface area contributed by atoms with Gasteiger partial charge in [-0.15, -0.1) is 0 Å². The van der Waals surface area contributed by atoms with Gasteiger partial charge in [-0.05, 0) is 12.8 Å². The molecule has 0 aromatic heterocycles. The fourth-order valence-corrected chi connectivity index (χ4v) is 2.24. The first-order valence-electron chi connectivity index (χ1n) is 6.09. The Morgan fingerprint density at radius 3 is 2.50 bits per heavy atom. The summed E-state index contributed by atoms with van der Waals surface area (Å²) >= 11 is 0. The van der Waals surface area contributed by atoms with Gasteiger partial charge in [0.1, 0.15) is 6.04 Å². The molecule has 1 aliphatic rings. The minimum Gasteiger partial charge on any atom is -0.383 e. The van der Waals surface area contributed by atoms with Gasteiger partial charge in [0.15, 0.2) is 0 Å². The Balaban J connectivity index is 2.48. The number of hydrogen-bond acceptors (Lipinski definition) is 5. The van der Waals surface area contributed by atoms with E-state index in [0.717, 1.165) is 25.9 Å². The molecule has 1 fully saturated rings. The molecule has 7 heteroatoms. The summed E-state index contributed by atoms with van der Waals surface area (Å²) in [5.41, 5.74) is 2.16. The Morgan fingerprint density at radius 2 is 2.06 bits per heavy atom. The van der Waals surface area contributed by atoms with E-state index in [1.807, 2.05) is 4.90 Å². The van der Waals surface area contributed by atoms with Crippen LogP contribution in [0.15, 0.2) is 0 Å². The van der Waals surface area contributed by atoms with Crippen molar-refractivity contribution in [3.05, 3.63) is 0 Å². The van der Waals surface area contributed by atoms with E-state index >= 15 is 0 Å². The molecule has 7 nitrogen and oxygen atoms in total. The first-order valence-corrected chi connectivity index (χ1v) is 6.09. The van der Waals surface area contributed by atoms with Crippen LogP contribution >= 0.6 is 0 Å². The normalized spacial score (nSPS) is 19.3. The third-order valence-corrected chi connectivity index (χ3v) is 3.15. The highest BCUT2D eigenvalue weighted by Gasteiger charge is 2.29. The lowest BCUT2D eigenvalue weighted by molar-refractivity contribution is -0.129. The standard InChI is InChI=1S/C11H22N4O3/c1-8(16)13-9-3-5-15(6-4-9)10(7-18-2)11(17)14-12/h9-10H,3-7,12H2,1-2H3,(H,13,16)(H,14,17). The Morgan fingerprint density at radius 1 is 1.44 bits per heavy atom. The summed E-state index contributed by atoms with van der Waals surface area (Å²) in [5, 5.41) is 2.89. The zero-order valence-corrected chi connectivity index (χ0v) is 10.9. The fourth-order valence-electron chi connectivity index (χ4n) is 2.24. The lowest BCUT2D eigenvalue weighted by Crippen LogP contribution is -2.55. The first-order chi connectivity index (χ1) is 8.58. The van der Waals surface area contributed by atoms with Gasteiger partial charge in [-0.2, -0.15) is 0 Å². The summed E-state index contributed by atoms with van der Waals surface area (Å²) < 4.78 is 5.04. The van der Waals surface area contributed by atoms with Crippen molar-refractivity contribution in [3.8, 4) is 0 Å². The van der Waals surface area contributed by atoms with Crippen molar-refractivity contribution < 1.29 is 14.3 Å². The molecule has 4 N–H and O–H groups in total. The molecular formula is C11H22N4O3. The molecule has 1 heterocycles. The molecule has 0 aromatic carbocycles. The largest absolute Gasteiger partial charge is 0.383 e. The summed E-state index contributed by atoms with van der Waals surface area (Å²) in [6.07, 6.45) is 1.66. The minimum absolute atomic E-state index is 0.0124. The molecule has 18 heavy (non-hydrogen) atoms. The monoisotopic (exact) mass is 258 g/mol. The van der Waals surface area contributed by atoms with Crippen LogP contribution in [0.2, 0.25) is 0 Å². The van der Waals surface area contributed by atoms with E-state index in [1.165, 1.54) is 6.92 Å². The van der Waals surface area contributed by atoms with Gasteiger partial charge in [0.2, 0.25) is 5.91 Å². The van der Waals surface area contributed by atoms with Crippen molar-refractivity contribution in [3.63, 3.8) is 0 Å². The predicted molar refractivity (Wildman–Crippen MR) is 66.4 cm³/mol. The number of nitrogens with two attached hydrogens (primary N) is 1. The van der Waals surface area contributed by atoms with E-state index in [1.54, 1.807) is 7.11 Å². The molecule has 0 radical (unpaired) electrons. The highest BCUT2D eigenvalue weighted by Crippen LogP contribution is 2.13. The van der Waals surface area contributed by atoms with Gasteiger partial charge in [0.25, 0.3) is 5.91 Å². The third-order valence-electron chi connectivity index (χ3n) is 3.15. The molecule has 1 aliphatic heterocycles. The zero-order chi connectivity index (χ0) is 13.5. The third kappa shape index (κ3) is 4.25. The van der Waals surface area contributed by atoms with Crippen LogP contribution in [0, 0.1) is 0 Å². The molecule has 0 bridgehead atoms. The first kappa shape index (κ1) is 14.9. The van der Waals surface area contributed by atoms with Crippen molar-refractivity contribution >= 4 is 11.8 Å². The lowest BCUT2D eigenvalue weighted by Gasteiger charge is -2.36. The average molecular weight is 258 g/mol. The zero-order valence-electron chi connectivity index (χ0n) is 10.9. The average Bonchev–Trinajstić information content (AvgIpc) is 2.35. The molecule has 0 aromatic rings. The maximum atomic E-state index is 11.6. The number of carbonyl (C=O) groups is 2. The van der Waals surface area contributed by atoms with E-state index in [-0.39, 0.29) is 23.9 Å². The molecule has 104 valence electrons. The van der Waals surface area contributed by atoms with Crippen molar-refractivity contribution in [2.24, 2.45) is 5.84 Å². The number of hydrogen-bond donors (Lipinski definition) is 3. The number of nitrogens with one attached hydrogen (secondary N) is 2. The van der Waals surface area contributed by atoms with Crippen molar-refractivity contribution in [1.29, 1.82) is 0 Å². The summed E-state index contributed by atoms with van der Waals surface area (Å²) in [6, 6.07) is -0.166. The SMILES string of the molecule is COCC(C(=O)NN)N1CCC(NC(C)=O)CC1. The van der Waals surface area contributed by atoms with Crippen LogP contribution in [0.5, 0.6) is 0 Å². The molecule has 0 aliphatic carbocycles. The number of piperidine rings is 1. The Kier molecular flexibility index (Phi) is 6.03. The molecule has 0 saturated carbocycles. The smallest absolute Gasteiger partial charge is 0.253 e. The van der Waals surface area contributed by atoms with Crippen LogP contribution < -0.4 is 16.6 Å². The maximum Gasteiger partial charge on any atom is 0.253 e. The fraction of sp³-hybridized carbons (Fsp3) is 0.818. The van der Waals surface area contributed by atoms with Crippen molar-refractivity contribution in [2.45, 2.75) is 31.8 Å². The van der Waals surface area contributed by atoms with Gasteiger partial charge < -0.3 is 10.1 Å². The number of likely N-dealkylation sites (tertiary alicyclic amines) is 1. The molecule has 1 atom stereocenters. The molecular weight excluding hydrogens is 236 g/mol. The number of carbonyl (C=O) groups excluding carboxylic acids is 2. The number of ether oxygens (including phenoxy) is 1. The van der Waals surface area contributed by atoms with Crippen LogP contribution in [0.3, 0.4) is 0 Å². The van der Waals surface area contributed by atoms with Crippen LogP contribution in [0.25, 0.3) is 0 Å². The Labute approximate surface area is 107 Å². The summed E-state index contributed by atoms with van der Waals surface area (Å²) in [7, 11) is 1.56. The molecule has 1 rings (SSSR count). The van der Waals surface area contributed by atoms with E-state index in [0.29, 0.717) is 6.61 Å². The Hall–Kier alpha value is -1.18. The molecule has 1 unspecified atom stereocenters. The van der Waals surface area contributed by atoms with Crippen LogP contribution in [-0.2, 0) is 14.3 Å². The lowest BCUT2D eigenvalue weighted by atomic mass is 10.0. The number of methoxy groups -OCH3 is 1. The topological polar surface area (TPSA) is 96.7 Å². The molecule has 1 saturated heterocycles. The maximum absolute atomic E-state index is 11.6. The van der Waals surface area contributed by atoms with E-state index < -0.39 is 0 Å². The van der Waals surface area contributed by atoms with Gasteiger partial charge in [-0.3, -0.25) is 19.9 Å². The number of nitrogens with zero attached hydrogens (tertiary/aromatic N) is 1. The molecule has 2 amide bonds. The van der Waals surface area contributed by atoms with Gasteiger partial charge in [-0.25, -0.2) is 5.84 Å². The van der Waals surface area contributed by atoms with Gasteiger partial charge >= 0.3 is 0 Å². The van der Waals surface area contributed by atoms with Crippen molar-refractivity contribution in [2.75, 3.05) is 26.8 Å². The number of amides is 2. The second kappa shape index (κ2) is 7.30. The summed E-state index contributed by atoms with van der Waals surface area (Å²) in [5.74, 6) is 4.91. The number of hydrazine groups is 1. The van der Waals surface area contributed by atoms with Gasteiger partial charge in [-0.1, -0.05) is 0 Å². The summed E-state index contributed by atoms with van der Waals surface area (Å²) in [4.78, 5) is 24.6. The van der Waals surface area contributed by atoms with E-state index in [9.17, 15) is 9.59 Å². The highest BCUT2D eigenvalue weighted by molar-refractivity contribution is 5.81. The van der Waals surface area contributed by atoms with Crippen LogP contribution in [0.4, 0.5) is 0 Å². The van der Waals surface area contributed by atoms with E-state index in [4.69, 9.17) is 10.6 Å². The van der Waals surface area contributed by atoms with Crippen molar-refractivity contribution in [1.82, 2.24) is 15.6 Å². The Bertz CT molecular complexity index is 290. The predicted octanol–water partition coefficient (Wildman–Crippen LogP) is -1.41. The number of rotatable bonds is 5. The summed E-state index contributed by atoms with van der Waals surface area (Å²) in [6.45, 7) is 3.31. The highest BCUT2D eigenvalue weighted by atomic mass is 16.5. The second-order valence-corrected chi connectivity index (χ2v) is 4.49. The molecule has 0 spiro atoms. The van der Waals surface area contributed by atoms with Gasteiger partial charge in [0, 0.05) is 33.2 Å². The van der Waals surface area contributed by atoms with Crippen LogP contribution in [-0.4, -0.2) is 55.6 Å². The van der Waals surface area contributed by atoms with Crippen LogP contribution in [0.1, 0.15) is 19.8 Å². The quantitative estimate of drug-likeness (QED) is 0.320. The van der Waals surface area contributed by atoms with E-state index in [2.05, 4.69) is 10.7 Å². The van der Waals surface area contributed by atoms with Gasteiger partial charge in [0.05, 0.1) is 6.61 Å². The second-order valence-electron chi connectivity index (χ2n) is 4.49.